The van der Waals surface area contributed by atoms with E-state index in [1.165, 1.54) is 0 Å². The number of nitrogens with one attached hydrogen (secondary N) is 2. The Morgan fingerprint density at radius 3 is 2.42 bits per heavy atom. The normalized spacial score (nSPS) is 30.2. The van der Waals surface area contributed by atoms with Crippen molar-refractivity contribution in [3.05, 3.63) is 65.2 Å². The van der Waals surface area contributed by atoms with Crippen LogP contribution in [0.4, 0.5) is 5.69 Å². The predicted octanol–water partition coefficient (Wildman–Crippen LogP) is 4.43. The first-order chi connectivity index (χ1) is 19.1. The lowest BCUT2D eigenvalue weighted by molar-refractivity contribution is -0.143. The highest BCUT2D eigenvalue weighted by Crippen LogP contribution is 2.68. The van der Waals surface area contributed by atoms with Gasteiger partial charge >= 0.3 is 0 Å². The number of halogens is 1. The molecule has 0 aliphatic carbocycles. The number of benzene rings is 2. The Hall–Kier alpha value is -2.36. The summed E-state index contributed by atoms with van der Waals surface area (Å²) in [5, 5.41) is 16.6. The van der Waals surface area contributed by atoms with Gasteiger partial charge in [-0.2, -0.15) is 0 Å². The first-order valence-corrected chi connectivity index (χ1v) is 15.9. The molecule has 2 aromatic rings. The molecule has 3 aliphatic rings. The first-order valence-electron chi connectivity index (χ1n) is 14.1. The quantitative estimate of drug-likeness (QED) is 0.357. The second-order valence-corrected chi connectivity index (χ2v) is 14.2. The number of carbonyl (C=O) groups is 3. The topological polar surface area (TPSA) is 98.7 Å². The number of likely N-dealkylation sites (tertiary alicyclic amines) is 1. The van der Waals surface area contributed by atoms with Gasteiger partial charge in [-0.15, -0.1) is 11.8 Å². The Kier molecular flexibility index (Phi) is 8.37. The molecule has 1 spiro atoms. The van der Waals surface area contributed by atoms with Crippen LogP contribution in [0.15, 0.2) is 48.5 Å². The summed E-state index contributed by atoms with van der Waals surface area (Å²) in [7, 11) is 0. The number of fused-ring (bicyclic) bond motifs is 1. The molecule has 9 heteroatoms. The molecule has 3 unspecified atom stereocenters. The van der Waals surface area contributed by atoms with Gasteiger partial charge in [0.2, 0.25) is 17.7 Å². The molecule has 3 N–H and O–H groups in total. The summed E-state index contributed by atoms with van der Waals surface area (Å²) in [6.07, 6.45) is 1.34. The third kappa shape index (κ3) is 4.77. The highest BCUT2D eigenvalue weighted by molar-refractivity contribution is 9.09. The van der Waals surface area contributed by atoms with E-state index >= 15 is 0 Å². The summed E-state index contributed by atoms with van der Waals surface area (Å²) in [6.45, 7) is 8.06. The minimum Gasteiger partial charge on any atom is -0.394 e. The van der Waals surface area contributed by atoms with Crippen LogP contribution in [0.25, 0.3) is 0 Å². The molecule has 40 heavy (non-hydrogen) atoms. The summed E-state index contributed by atoms with van der Waals surface area (Å²) in [4.78, 5) is 44.1. The van der Waals surface area contributed by atoms with Crippen molar-refractivity contribution < 1.29 is 19.5 Å². The molecule has 214 valence electrons. The Morgan fingerprint density at radius 1 is 1.12 bits per heavy atom. The van der Waals surface area contributed by atoms with Gasteiger partial charge in [-0.25, -0.2) is 0 Å². The van der Waals surface area contributed by atoms with E-state index in [0.29, 0.717) is 13.0 Å². The van der Waals surface area contributed by atoms with Crippen LogP contribution in [-0.4, -0.2) is 61.2 Å². The highest BCUT2D eigenvalue weighted by Gasteiger charge is 2.76. The molecule has 3 saturated heterocycles. The number of para-hydroxylation sites is 1. The van der Waals surface area contributed by atoms with E-state index < -0.39 is 28.7 Å². The van der Waals surface area contributed by atoms with E-state index in [9.17, 15) is 19.5 Å². The highest BCUT2D eigenvalue weighted by atomic mass is 79.9. The second kappa shape index (κ2) is 11.5. The summed E-state index contributed by atoms with van der Waals surface area (Å²) >= 11 is 5.44. The zero-order valence-corrected chi connectivity index (χ0v) is 25.8. The van der Waals surface area contributed by atoms with Gasteiger partial charge in [-0.1, -0.05) is 84.7 Å². The Labute approximate surface area is 249 Å². The van der Waals surface area contributed by atoms with Gasteiger partial charge in [0.1, 0.15) is 6.04 Å². The van der Waals surface area contributed by atoms with Crippen molar-refractivity contribution in [1.29, 1.82) is 0 Å². The third-order valence-corrected chi connectivity index (χ3v) is 12.4. The number of alkyl halides is 1. The van der Waals surface area contributed by atoms with Crippen LogP contribution in [-0.2, 0) is 20.9 Å². The van der Waals surface area contributed by atoms with E-state index in [0.717, 1.165) is 28.8 Å². The van der Waals surface area contributed by atoms with E-state index in [2.05, 4.69) is 26.6 Å². The summed E-state index contributed by atoms with van der Waals surface area (Å²) in [5.41, 5.74) is 3.62. The predicted molar refractivity (Wildman–Crippen MR) is 162 cm³/mol. The van der Waals surface area contributed by atoms with E-state index in [-0.39, 0.29) is 40.3 Å². The number of nitrogens with zero attached hydrogens (tertiary/aromatic N) is 1. The number of rotatable bonds is 9. The number of amides is 3. The van der Waals surface area contributed by atoms with Gasteiger partial charge in [0.15, 0.2) is 0 Å². The van der Waals surface area contributed by atoms with Gasteiger partial charge in [0.25, 0.3) is 0 Å². The van der Waals surface area contributed by atoms with Gasteiger partial charge in [-0.3, -0.25) is 14.4 Å². The van der Waals surface area contributed by atoms with Gasteiger partial charge in [-0.05, 0) is 42.9 Å². The van der Waals surface area contributed by atoms with E-state index in [1.54, 1.807) is 16.7 Å². The van der Waals surface area contributed by atoms with Crippen molar-refractivity contribution in [1.82, 2.24) is 10.2 Å². The molecule has 3 heterocycles. The molecule has 8 atom stereocenters. The fourth-order valence-electron chi connectivity index (χ4n) is 6.94. The number of anilines is 1. The number of thioether (sulfide) groups is 1. The SMILES string of the molecule is CC[C@H](C)[C@H](CO)N1C(=O)[C@@H]2[C@@H](C(=O)NCc3ccccc3)[C@@H]3SC2(CC3Br)C1C(=O)Nc1c(C)cccc1C. The maximum absolute atomic E-state index is 14.4. The van der Waals surface area contributed by atoms with Crippen LogP contribution in [0, 0.1) is 31.6 Å². The molecule has 0 aromatic heterocycles. The minimum atomic E-state index is -0.808. The smallest absolute Gasteiger partial charge is 0.248 e. The van der Waals surface area contributed by atoms with E-state index in [1.807, 2.05) is 76.2 Å². The fraction of sp³-hybridized carbons (Fsp3) is 0.516. The van der Waals surface area contributed by atoms with Gasteiger partial charge < -0.3 is 20.6 Å². The van der Waals surface area contributed by atoms with Crippen molar-refractivity contribution >= 4 is 51.1 Å². The zero-order chi connectivity index (χ0) is 28.8. The Bertz CT molecular complexity index is 1270. The van der Waals surface area contributed by atoms with Crippen LogP contribution < -0.4 is 10.6 Å². The number of hydrogen-bond donors (Lipinski definition) is 3. The van der Waals surface area contributed by atoms with Crippen LogP contribution >= 0.6 is 27.7 Å². The van der Waals surface area contributed by atoms with Crippen LogP contribution in [0.5, 0.6) is 0 Å². The standard InChI is InChI=1S/C31H38BrN3O4S/c1-5-17(2)22(16-36)35-27(29(38)34-25-18(3)10-9-11-19(25)4)31-14-21(32)26(40-31)23(24(31)30(35)39)28(37)33-15-20-12-7-6-8-13-20/h6-13,17,21-24,26-27,36H,5,14-16H2,1-4H3,(H,33,37)(H,34,38)/t17-,21?,22-,23+,24-,26+,27?,31?/m0/s1. The molecule has 3 aliphatic heterocycles. The summed E-state index contributed by atoms with van der Waals surface area (Å²) in [5.74, 6) is -1.85. The van der Waals surface area contributed by atoms with Gasteiger partial charge in [0, 0.05) is 22.3 Å². The molecule has 0 radical (unpaired) electrons. The largest absolute Gasteiger partial charge is 0.394 e. The lowest BCUT2D eigenvalue weighted by Gasteiger charge is -2.39. The lowest BCUT2D eigenvalue weighted by Crippen LogP contribution is -2.56. The van der Waals surface area contributed by atoms with Crippen molar-refractivity contribution in [2.75, 3.05) is 11.9 Å². The molecule has 2 aromatic carbocycles. The zero-order valence-electron chi connectivity index (χ0n) is 23.4. The Morgan fingerprint density at radius 2 is 1.80 bits per heavy atom. The lowest BCUT2D eigenvalue weighted by atomic mass is 9.70. The maximum Gasteiger partial charge on any atom is 0.248 e. The molecule has 0 saturated carbocycles. The maximum atomic E-state index is 14.4. The van der Waals surface area contributed by atoms with Crippen molar-refractivity contribution in [3.63, 3.8) is 0 Å². The van der Waals surface area contributed by atoms with Crippen LogP contribution in [0.2, 0.25) is 0 Å². The van der Waals surface area contributed by atoms with Crippen LogP contribution in [0.3, 0.4) is 0 Å². The molecular weight excluding hydrogens is 590 g/mol. The second-order valence-electron chi connectivity index (χ2n) is 11.5. The van der Waals surface area contributed by atoms with Crippen molar-refractivity contribution in [3.8, 4) is 0 Å². The Balaban J connectivity index is 1.53. The minimum absolute atomic E-state index is 0.0133. The fourth-order valence-corrected chi connectivity index (χ4v) is 10.5. The van der Waals surface area contributed by atoms with Crippen molar-refractivity contribution in [2.45, 2.75) is 74.0 Å². The molecular formula is C31H38BrN3O4S. The average molecular weight is 629 g/mol. The third-order valence-electron chi connectivity index (χ3n) is 9.16. The summed E-state index contributed by atoms with van der Waals surface area (Å²) in [6, 6.07) is 14.2. The number of aryl methyl sites for hydroxylation is 2. The van der Waals surface area contributed by atoms with Crippen molar-refractivity contribution in [2.24, 2.45) is 17.8 Å². The van der Waals surface area contributed by atoms with Crippen LogP contribution in [0.1, 0.15) is 43.4 Å². The molecule has 3 fully saturated rings. The number of aliphatic hydroxyl groups excluding tert-OH is 1. The van der Waals surface area contributed by atoms with Gasteiger partial charge in [0.05, 0.1) is 29.2 Å². The monoisotopic (exact) mass is 627 g/mol. The average Bonchev–Trinajstić information content (AvgIpc) is 3.54. The molecule has 5 rings (SSSR count). The first kappa shape index (κ1) is 29.1. The molecule has 7 nitrogen and oxygen atoms in total. The number of hydrogen-bond acceptors (Lipinski definition) is 5. The number of carbonyl (C=O) groups excluding carboxylic acids is 3. The molecule has 2 bridgehead atoms. The molecule has 3 amide bonds. The van der Waals surface area contributed by atoms with E-state index in [4.69, 9.17) is 0 Å². The number of aliphatic hydroxyl groups is 1. The summed E-state index contributed by atoms with van der Waals surface area (Å²) < 4.78 is -0.772.